The fourth-order valence-corrected chi connectivity index (χ4v) is 4.83. The highest BCUT2D eigenvalue weighted by Crippen LogP contribution is 2.41. The van der Waals surface area contributed by atoms with Crippen LogP contribution in [0.15, 0.2) is 52.7 Å². The van der Waals surface area contributed by atoms with Gasteiger partial charge in [0.2, 0.25) is 0 Å². The van der Waals surface area contributed by atoms with Crippen molar-refractivity contribution in [2.24, 2.45) is 0 Å². The Hall–Kier alpha value is -3.23. The first-order valence-electron chi connectivity index (χ1n) is 7.95. The van der Waals surface area contributed by atoms with E-state index >= 15 is 0 Å². The molecule has 0 atom stereocenters. The molecule has 0 spiro atoms. The van der Waals surface area contributed by atoms with Crippen LogP contribution in [0.2, 0.25) is 0 Å². The molecule has 0 saturated heterocycles. The number of fused-ring (bicyclic) bond motifs is 2. The summed E-state index contributed by atoms with van der Waals surface area (Å²) >= 11 is 2.79. The summed E-state index contributed by atoms with van der Waals surface area (Å²) in [4.78, 5) is 20.7. The van der Waals surface area contributed by atoms with Crippen molar-refractivity contribution in [2.45, 2.75) is 0 Å². The second kappa shape index (κ2) is 5.90. The highest BCUT2D eigenvalue weighted by molar-refractivity contribution is 7.18. The van der Waals surface area contributed by atoms with E-state index in [1.165, 1.54) is 11.3 Å². The number of nitrogen functional groups attached to an aromatic ring is 1. The largest absolute Gasteiger partial charge is 0.477 e. The summed E-state index contributed by atoms with van der Waals surface area (Å²) in [6, 6.07) is 7.25. The van der Waals surface area contributed by atoms with Gasteiger partial charge in [0.15, 0.2) is 11.4 Å². The number of pyridine rings is 2. The maximum absolute atomic E-state index is 11.2. The van der Waals surface area contributed by atoms with Gasteiger partial charge in [0.05, 0.1) is 4.70 Å². The van der Waals surface area contributed by atoms with Crippen molar-refractivity contribution in [1.29, 1.82) is 0 Å². The van der Waals surface area contributed by atoms with Crippen LogP contribution in [-0.4, -0.2) is 21.0 Å². The van der Waals surface area contributed by atoms with E-state index in [0.717, 1.165) is 31.5 Å². The second-order valence-corrected chi connectivity index (χ2v) is 7.90. The molecule has 5 aromatic rings. The van der Waals surface area contributed by atoms with Gasteiger partial charge >= 0.3 is 5.97 Å². The van der Waals surface area contributed by atoms with Gasteiger partial charge < -0.3 is 15.3 Å². The summed E-state index contributed by atoms with van der Waals surface area (Å²) in [5.41, 5.74) is 8.30. The molecule has 0 aliphatic carbocycles. The lowest BCUT2D eigenvalue weighted by atomic mass is 10.1. The zero-order chi connectivity index (χ0) is 18.5. The van der Waals surface area contributed by atoms with Crippen LogP contribution in [0, 0.1) is 0 Å². The van der Waals surface area contributed by atoms with Crippen molar-refractivity contribution in [3.63, 3.8) is 0 Å². The molecular formula is C19H11N3O3S2. The number of nitrogens with zero attached hydrogens (tertiary/aromatic N) is 2. The van der Waals surface area contributed by atoms with E-state index in [0.29, 0.717) is 17.2 Å². The maximum atomic E-state index is 11.2. The standard InChI is InChI=1S/C19H11N3O3S2/c20-18-17-10(11(6-22-18)14-1-2-15(27-14)19(23)24)5-13(25-17)12-8-26-16-7-21-4-3-9(12)16/h1-8H,(H2,20,22)(H,23,24). The molecule has 0 aliphatic heterocycles. The lowest BCUT2D eigenvalue weighted by Crippen LogP contribution is -1.91. The third kappa shape index (κ3) is 2.49. The third-order valence-corrected chi connectivity index (χ3v) is 6.35. The quantitative estimate of drug-likeness (QED) is 0.441. The first-order valence-corrected chi connectivity index (χ1v) is 9.64. The van der Waals surface area contributed by atoms with E-state index in [-0.39, 0.29) is 4.88 Å². The molecular weight excluding hydrogens is 382 g/mol. The molecule has 132 valence electrons. The molecule has 0 unspecified atom stereocenters. The summed E-state index contributed by atoms with van der Waals surface area (Å²) in [6.45, 7) is 0. The van der Waals surface area contributed by atoms with Crippen LogP contribution in [0.5, 0.6) is 0 Å². The molecule has 0 saturated carbocycles. The number of furan rings is 1. The Bertz CT molecular complexity index is 1330. The molecule has 6 nitrogen and oxygen atoms in total. The number of carboxylic acid groups (broad SMARTS) is 1. The van der Waals surface area contributed by atoms with Gasteiger partial charge in [-0.1, -0.05) is 0 Å². The van der Waals surface area contributed by atoms with Crippen LogP contribution in [0.4, 0.5) is 5.82 Å². The predicted octanol–water partition coefficient (Wildman–Crippen LogP) is 5.11. The van der Waals surface area contributed by atoms with Gasteiger partial charge in [0, 0.05) is 50.7 Å². The van der Waals surface area contributed by atoms with E-state index in [1.54, 1.807) is 35.9 Å². The van der Waals surface area contributed by atoms with Crippen LogP contribution < -0.4 is 5.73 Å². The lowest BCUT2D eigenvalue weighted by Gasteiger charge is -2.00. The Balaban J connectivity index is 1.73. The predicted molar refractivity (Wildman–Crippen MR) is 107 cm³/mol. The molecule has 0 aliphatic rings. The number of thiophene rings is 2. The van der Waals surface area contributed by atoms with Gasteiger partial charge in [0.25, 0.3) is 0 Å². The van der Waals surface area contributed by atoms with E-state index in [9.17, 15) is 9.90 Å². The average Bonchev–Trinajstić information content (AvgIpc) is 3.39. The van der Waals surface area contributed by atoms with Crippen LogP contribution >= 0.6 is 22.7 Å². The van der Waals surface area contributed by atoms with Crippen LogP contribution in [0.25, 0.3) is 42.8 Å². The minimum atomic E-state index is -0.947. The number of hydrogen-bond donors (Lipinski definition) is 2. The Morgan fingerprint density at radius 3 is 2.85 bits per heavy atom. The summed E-state index contributed by atoms with van der Waals surface area (Å²) in [5, 5.41) is 13.1. The van der Waals surface area contributed by atoms with Crippen molar-refractivity contribution in [3.05, 3.63) is 53.1 Å². The van der Waals surface area contributed by atoms with Crippen molar-refractivity contribution in [3.8, 4) is 21.8 Å². The van der Waals surface area contributed by atoms with E-state index in [1.807, 2.05) is 23.7 Å². The summed E-state index contributed by atoms with van der Waals surface area (Å²) in [6.07, 6.45) is 5.23. The van der Waals surface area contributed by atoms with E-state index < -0.39 is 5.97 Å². The zero-order valence-corrected chi connectivity index (χ0v) is 15.3. The average molecular weight is 393 g/mol. The number of aromatic nitrogens is 2. The Kier molecular flexibility index (Phi) is 3.49. The fraction of sp³-hybridized carbons (Fsp3) is 0. The van der Waals surface area contributed by atoms with Crippen molar-refractivity contribution in [2.75, 3.05) is 5.73 Å². The minimum Gasteiger partial charge on any atom is -0.477 e. The number of carboxylic acids is 1. The Labute approximate surface area is 160 Å². The van der Waals surface area contributed by atoms with E-state index in [4.69, 9.17) is 10.2 Å². The molecule has 0 radical (unpaired) electrons. The monoisotopic (exact) mass is 393 g/mol. The first-order chi connectivity index (χ1) is 13.1. The summed E-state index contributed by atoms with van der Waals surface area (Å²) in [7, 11) is 0. The number of aromatic carboxylic acids is 1. The smallest absolute Gasteiger partial charge is 0.345 e. The Morgan fingerprint density at radius 2 is 2.04 bits per heavy atom. The SMILES string of the molecule is Nc1ncc(-c2ccc(C(=O)O)s2)c2cc(-c3csc4cnccc34)oc12. The Morgan fingerprint density at radius 1 is 1.15 bits per heavy atom. The number of anilines is 1. The van der Waals surface area contributed by atoms with Gasteiger partial charge in [-0.15, -0.1) is 22.7 Å². The van der Waals surface area contributed by atoms with Gasteiger partial charge in [-0.05, 0) is 24.3 Å². The normalized spacial score (nSPS) is 11.4. The molecule has 8 heteroatoms. The minimum absolute atomic E-state index is 0.273. The topological polar surface area (TPSA) is 102 Å². The van der Waals surface area contributed by atoms with Crippen LogP contribution in [0.3, 0.4) is 0 Å². The van der Waals surface area contributed by atoms with Gasteiger partial charge in [-0.3, -0.25) is 4.98 Å². The fourth-order valence-electron chi connectivity index (χ4n) is 3.04. The molecule has 5 aromatic heterocycles. The number of hydrogen-bond acceptors (Lipinski definition) is 7. The molecule has 3 N–H and O–H groups in total. The molecule has 5 heterocycles. The molecule has 27 heavy (non-hydrogen) atoms. The van der Waals surface area contributed by atoms with Crippen LogP contribution in [0.1, 0.15) is 9.67 Å². The third-order valence-electron chi connectivity index (χ3n) is 4.31. The summed E-state index contributed by atoms with van der Waals surface area (Å²) in [5.74, 6) is 0.0479. The lowest BCUT2D eigenvalue weighted by molar-refractivity contribution is 0.0702. The van der Waals surface area contributed by atoms with Gasteiger partial charge in [-0.25, -0.2) is 9.78 Å². The van der Waals surface area contributed by atoms with Crippen molar-refractivity contribution >= 4 is 55.5 Å². The van der Waals surface area contributed by atoms with E-state index in [2.05, 4.69) is 9.97 Å². The molecule has 0 fully saturated rings. The molecule has 0 bridgehead atoms. The van der Waals surface area contributed by atoms with Crippen LogP contribution in [-0.2, 0) is 0 Å². The second-order valence-electron chi connectivity index (χ2n) is 5.90. The van der Waals surface area contributed by atoms with Gasteiger partial charge in [0.1, 0.15) is 10.6 Å². The highest BCUT2D eigenvalue weighted by Gasteiger charge is 2.18. The maximum Gasteiger partial charge on any atom is 0.345 e. The van der Waals surface area contributed by atoms with Crippen molar-refractivity contribution in [1.82, 2.24) is 9.97 Å². The van der Waals surface area contributed by atoms with Gasteiger partial charge in [-0.2, -0.15) is 0 Å². The number of carbonyl (C=O) groups is 1. The number of rotatable bonds is 3. The molecule has 0 aromatic carbocycles. The zero-order valence-electron chi connectivity index (χ0n) is 13.7. The summed E-state index contributed by atoms with van der Waals surface area (Å²) < 4.78 is 7.13. The first kappa shape index (κ1) is 16.0. The number of nitrogens with two attached hydrogens (primary N) is 1. The molecule has 0 amide bonds. The highest BCUT2D eigenvalue weighted by atomic mass is 32.1. The van der Waals surface area contributed by atoms with Crippen molar-refractivity contribution < 1.29 is 14.3 Å². The molecule has 5 rings (SSSR count).